The summed E-state index contributed by atoms with van der Waals surface area (Å²) in [5.41, 5.74) is 2.11. The molecule has 2 amide bonds. The minimum Gasteiger partial charge on any atom is -0.494 e. The highest BCUT2D eigenvalue weighted by atomic mass is 35.5. The molecule has 2 heterocycles. The molecule has 0 aliphatic carbocycles. The van der Waals surface area contributed by atoms with Crippen molar-refractivity contribution in [3.05, 3.63) is 58.9 Å². The van der Waals surface area contributed by atoms with Crippen molar-refractivity contribution in [1.29, 1.82) is 0 Å². The van der Waals surface area contributed by atoms with Crippen LogP contribution in [0.2, 0.25) is 5.02 Å². The van der Waals surface area contributed by atoms with E-state index >= 15 is 0 Å². The van der Waals surface area contributed by atoms with E-state index in [1.807, 2.05) is 0 Å². The van der Waals surface area contributed by atoms with Crippen molar-refractivity contribution < 1.29 is 23.8 Å². The van der Waals surface area contributed by atoms with E-state index in [1.165, 1.54) is 24.1 Å². The Morgan fingerprint density at radius 1 is 1.19 bits per heavy atom. The van der Waals surface area contributed by atoms with Crippen molar-refractivity contribution in [2.75, 3.05) is 26.7 Å². The Bertz CT molecular complexity index is 1220. The molecule has 0 radical (unpaired) electrons. The number of pyridine rings is 1. The van der Waals surface area contributed by atoms with Gasteiger partial charge in [-0.25, -0.2) is 14.2 Å². The number of hydrogen-bond donors (Lipinski definition) is 1. The van der Waals surface area contributed by atoms with Gasteiger partial charge in [0.25, 0.3) is 5.91 Å². The number of carbonyl (C=O) groups is 2. The molecule has 0 unspecified atom stereocenters. The third kappa shape index (κ3) is 4.05. The van der Waals surface area contributed by atoms with Gasteiger partial charge < -0.3 is 19.6 Å². The lowest BCUT2D eigenvalue weighted by Crippen LogP contribution is -2.55. The zero-order chi connectivity index (χ0) is 23.0. The van der Waals surface area contributed by atoms with Gasteiger partial charge in [-0.15, -0.1) is 0 Å². The molecule has 3 aromatic rings. The lowest BCUT2D eigenvalue weighted by Gasteiger charge is -2.38. The molecule has 2 aromatic carbocycles. The predicted octanol–water partition coefficient (Wildman–Crippen LogP) is 4.53. The summed E-state index contributed by atoms with van der Waals surface area (Å²) in [6, 6.07) is 10.9. The highest BCUT2D eigenvalue weighted by molar-refractivity contribution is 6.35. The van der Waals surface area contributed by atoms with Crippen LogP contribution in [0.25, 0.3) is 22.2 Å². The number of ether oxygens (including phenoxy) is 1. The molecule has 32 heavy (non-hydrogen) atoms. The highest BCUT2D eigenvalue weighted by Crippen LogP contribution is 2.31. The van der Waals surface area contributed by atoms with Gasteiger partial charge in [0, 0.05) is 42.2 Å². The molecular weight excluding hydrogens is 437 g/mol. The van der Waals surface area contributed by atoms with Crippen LogP contribution in [-0.4, -0.2) is 64.7 Å². The summed E-state index contributed by atoms with van der Waals surface area (Å²) in [4.78, 5) is 31.9. The average Bonchev–Trinajstić information content (AvgIpc) is 2.78. The Hall–Kier alpha value is -3.39. The van der Waals surface area contributed by atoms with Gasteiger partial charge in [-0.2, -0.15) is 0 Å². The summed E-state index contributed by atoms with van der Waals surface area (Å²) in [5.74, 6) is -0.581. The molecular formula is C23H21ClFN3O4. The number of rotatable bonds is 3. The molecule has 4 rings (SSSR count). The van der Waals surface area contributed by atoms with Gasteiger partial charge in [-0.05, 0) is 43.3 Å². The third-order valence-corrected chi connectivity index (χ3v) is 5.93. The summed E-state index contributed by atoms with van der Waals surface area (Å²) in [6.45, 7) is 2.67. The number of amides is 2. The van der Waals surface area contributed by atoms with Gasteiger partial charge in [-0.3, -0.25) is 4.79 Å². The van der Waals surface area contributed by atoms with Crippen molar-refractivity contribution in [3.8, 4) is 17.0 Å². The van der Waals surface area contributed by atoms with E-state index in [-0.39, 0.29) is 24.2 Å². The number of carboxylic acid groups (broad SMARTS) is 1. The zero-order valence-electron chi connectivity index (χ0n) is 17.5. The maximum atomic E-state index is 13.8. The minimum absolute atomic E-state index is 0.0964. The van der Waals surface area contributed by atoms with E-state index in [0.29, 0.717) is 45.8 Å². The Labute approximate surface area is 189 Å². The van der Waals surface area contributed by atoms with E-state index in [1.54, 1.807) is 42.2 Å². The van der Waals surface area contributed by atoms with Gasteiger partial charge in [-0.1, -0.05) is 17.7 Å². The van der Waals surface area contributed by atoms with Gasteiger partial charge in [0.05, 0.1) is 23.3 Å². The Morgan fingerprint density at radius 3 is 2.66 bits per heavy atom. The molecule has 1 fully saturated rings. The van der Waals surface area contributed by atoms with Crippen LogP contribution >= 0.6 is 11.6 Å². The fraction of sp³-hybridized carbons (Fsp3) is 0.261. The first-order valence-corrected chi connectivity index (χ1v) is 10.4. The van der Waals surface area contributed by atoms with Gasteiger partial charge >= 0.3 is 6.09 Å². The molecule has 7 nitrogen and oxygen atoms in total. The molecule has 1 N–H and O–H groups in total. The van der Waals surface area contributed by atoms with E-state index in [4.69, 9.17) is 16.3 Å². The van der Waals surface area contributed by atoms with E-state index < -0.39 is 11.9 Å². The summed E-state index contributed by atoms with van der Waals surface area (Å²) < 4.78 is 18.8. The summed E-state index contributed by atoms with van der Waals surface area (Å²) in [6.07, 6.45) is -0.987. The Kier molecular flexibility index (Phi) is 5.88. The van der Waals surface area contributed by atoms with Crippen LogP contribution in [0.3, 0.4) is 0 Å². The molecule has 1 aliphatic heterocycles. The largest absolute Gasteiger partial charge is 0.494 e. The molecule has 9 heteroatoms. The fourth-order valence-corrected chi connectivity index (χ4v) is 4.16. The average molecular weight is 458 g/mol. The summed E-state index contributed by atoms with van der Waals surface area (Å²) >= 11 is 6.46. The Balaban J connectivity index is 1.66. The monoisotopic (exact) mass is 457 g/mol. The molecule has 0 saturated carbocycles. The molecule has 1 saturated heterocycles. The maximum absolute atomic E-state index is 13.8. The smallest absolute Gasteiger partial charge is 0.407 e. The first-order valence-electron chi connectivity index (χ1n) is 10.0. The molecule has 0 bridgehead atoms. The second-order valence-corrected chi connectivity index (χ2v) is 8.05. The van der Waals surface area contributed by atoms with Crippen LogP contribution in [0.15, 0.2) is 42.5 Å². The maximum Gasteiger partial charge on any atom is 0.407 e. The van der Waals surface area contributed by atoms with Crippen molar-refractivity contribution in [1.82, 2.24) is 14.8 Å². The number of fused-ring (bicyclic) bond motifs is 1. The molecule has 1 aromatic heterocycles. The van der Waals surface area contributed by atoms with Crippen LogP contribution in [0.5, 0.6) is 5.75 Å². The SMILES string of the molecule is COc1cc(-c2cc(Cl)c3ccc(C(=O)N4CCN(C(=O)O)[C@H](C)C4)cc3n2)ccc1F. The lowest BCUT2D eigenvalue weighted by molar-refractivity contribution is 0.0507. The Morgan fingerprint density at radius 2 is 1.97 bits per heavy atom. The molecule has 1 atom stereocenters. The second kappa shape index (κ2) is 8.63. The minimum atomic E-state index is -0.987. The quantitative estimate of drug-likeness (QED) is 0.625. The van der Waals surface area contributed by atoms with Gasteiger partial charge in [0.1, 0.15) is 0 Å². The van der Waals surface area contributed by atoms with Gasteiger partial charge in [0.15, 0.2) is 11.6 Å². The normalized spacial score (nSPS) is 16.3. The number of benzene rings is 2. The number of hydrogen-bond acceptors (Lipinski definition) is 4. The van der Waals surface area contributed by atoms with E-state index in [0.717, 1.165) is 0 Å². The van der Waals surface area contributed by atoms with Gasteiger partial charge in [0.2, 0.25) is 0 Å². The van der Waals surface area contributed by atoms with E-state index in [9.17, 15) is 19.1 Å². The van der Waals surface area contributed by atoms with Crippen LogP contribution in [0.4, 0.5) is 9.18 Å². The van der Waals surface area contributed by atoms with Crippen LogP contribution in [0, 0.1) is 5.82 Å². The first kappa shape index (κ1) is 21.8. The van der Waals surface area contributed by atoms with Crippen molar-refractivity contribution in [2.45, 2.75) is 13.0 Å². The molecule has 166 valence electrons. The standard InChI is InChI=1S/C23H21ClFN3O4/c1-13-12-27(7-8-28(13)23(30)31)22(29)15-3-5-16-17(24)11-19(26-20(16)9-15)14-4-6-18(25)21(10-14)32-2/h3-6,9-11,13H,7-8,12H2,1-2H3,(H,30,31)/t13-/m1/s1. The van der Waals surface area contributed by atoms with Crippen LogP contribution < -0.4 is 4.74 Å². The third-order valence-electron chi connectivity index (χ3n) is 5.61. The topological polar surface area (TPSA) is 83.0 Å². The van der Waals surface area contributed by atoms with Crippen molar-refractivity contribution in [3.63, 3.8) is 0 Å². The number of carbonyl (C=O) groups excluding carboxylic acids is 1. The summed E-state index contributed by atoms with van der Waals surface area (Å²) in [7, 11) is 1.39. The van der Waals surface area contributed by atoms with Crippen molar-refractivity contribution in [2.24, 2.45) is 0 Å². The number of aromatic nitrogens is 1. The van der Waals surface area contributed by atoms with Crippen LogP contribution in [-0.2, 0) is 0 Å². The predicted molar refractivity (Wildman–Crippen MR) is 119 cm³/mol. The highest BCUT2D eigenvalue weighted by Gasteiger charge is 2.30. The van der Waals surface area contributed by atoms with Crippen LogP contribution in [0.1, 0.15) is 17.3 Å². The number of nitrogens with zero attached hydrogens (tertiary/aromatic N) is 3. The number of methoxy groups -OCH3 is 1. The van der Waals surface area contributed by atoms with Crippen molar-refractivity contribution >= 4 is 34.5 Å². The number of halogens is 2. The molecule has 0 spiro atoms. The zero-order valence-corrected chi connectivity index (χ0v) is 18.3. The second-order valence-electron chi connectivity index (χ2n) is 7.65. The summed E-state index contributed by atoms with van der Waals surface area (Å²) in [5, 5.41) is 10.4. The first-order chi connectivity index (χ1) is 15.3. The fourth-order valence-electron chi connectivity index (χ4n) is 3.89. The molecule has 1 aliphatic rings. The number of piperazine rings is 1. The van der Waals surface area contributed by atoms with E-state index in [2.05, 4.69) is 4.98 Å². The lowest BCUT2D eigenvalue weighted by atomic mass is 10.1.